The molecule has 5 aromatic rings. The van der Waals surface area contributed by atoms with Crippen LogP contribution >= 0.6 is 11.3 Å². The van der Waals surface area contributed by atoms with Gasteiger partial charge in [-0.2, -0.15) is 4.98 Å². The number of rotatable bonds is 8. The number of aryl methyl sites for hydroxylation is 1. The van der Waals surface area contributed by atoms with Gasteiger partial charge in [-0.25, -0.2) is 4.98 Å². The van der Waals surface area contributed by atoms with Gasteiger partial charge in [-0.1, -0.05) is 28.6 Å². The number of carbonyl (C=O) groups excluding carboxylic acids is 1. The molecule has 0 radical (unpaired) electrons. The van der Waals surface area contributed by atoms with E-state index in [-0.39, 0.29) is 11.8 Å². The minimum atomic E-state index is -0.258. The molecule has 2 aromatic heterocycles. The van der Waals surface area contributed by atoms with Crippen LogP contribution in [0.3, 0.4) is 0 Å². The van der Waals surface area contributed by atoms with Crippen LogP contribution in [0.1, 0.15) is 15.9 Å². The van der Waals surface area contributed by atoms with Crippen LogP contribution in [-0.2, 0) is 0 Å². The molecular weight excluding hydrogens is 514 g/mol. The monoisotopic (exact) mass is 541 g/mol. The summed E-state index contributed by atoms with van der Waals surface area (Å²) in [4.78, 5) is 24.4. The van der Waals surface area contributed by atoms with Crippen LogP contribution in [0, 0.1) is 6.92 Å². The zero-order valence-electron chi connectivity index (χ0n) is 21.9. The highest BCUT2D eigenvalue weighted by atomic mass is 32.1. The fourth-order valence-corrected chi connectivity index (χ4v) is 4.67. The van der Waals surface area contributed by atoms with E-state index in [9.17, 15) is 4.79 Å². The second kappa shape index (κ2) is 10.8. The molecule has 0 aliphatic carbocycles. The molecular formula is C28H27N7O3S. The molecule has 0 saturated heterocycles. The molecule has 0 aliphatic rings. The Hall–Kier alpha value is -4.90. The average molecular weight is 542 g/mol. The topological polar surface area (TPSA) is 131 Å². The number of carbonyl (C=O) groups is 1. The van der Waals surface area contributed by atoms with Crippen molar-refractivity contribution in [2.75, 3.05) is 42.5 Å². The number of anilines is 5. The van der Waals surface area contributed by atoms with E-state index in [1.165, 1.54) is 11.3 Å². The Balaban J connectivity index is 1.34. The molecule has 198 valence electrons. The van der Waals surface area contributed by atoms with Gasteiger partial charge in [0.25, 0.3) is 11.8 Å². The molecule has 39 heavy (non-hydrogen) atoms. The van der Waals surface area contributed by atoms with E-state index in [1.54, 1.807) is 31.4 Å². The summed E-state index contributed by atoms with van der Waals surface area (Å²) in [5.74, 6) is 1.28. The van der Waals surface area contributed by atoms with Crippen LogP contribution in [0.25, 0.3) is 22.2 Å². The summed E-state index contributed by atoms with van der Waals surface area (Å²) < 4.78 is 10.8. The number of ether oxygens (including phenoxy) is 1. The maximum Gasteiger partial charge on any atom is 0.272 e. The number of hydrogen-bond acceptors (Lipinski definition) is 10. The molecule has 4 N–H and O–H groups in total. The third-order valence-electron chi connectivity index (χ3n) is 5.98. The number of amides is 1. The SMILES string of the molecule is COc1cccc(C(=O)Nc2ccc(C)c(-c3noc(-c4sc(Nc5ccc(N(C)C)cc5)nc4N)n3)c2)c1. The molecule has 2 heterocycles. The summed E-state index contributed by atoms with van der Waals surface area (Å²) in [6.07, 6.45) is 0. The molecule has 3 aromatic carbocycles. The third-order valence-corrected chi connectivity index (χ3v) is 6.95. The van der Waals surface area contributed by atoms with E-state index < -0.39 is 0 Å². The van der Waals surface area contributed by atoms with Crippen LogP contribution in [0.2, 0.25) is 0 Å². The molecule has 5 rings (SSSR count). The maximum atomic E-state index is 12.8. The smallest absolute Gasteiger partial charge is 0.272 e. The highest BCUT2D eigenvalue weighted by molar-refractivity contribution is 7.19. The number of aromatic nitrogens is 3. The Kier molecular flexibility index (Phi) is 7.15. The molecule has 0 aliphatic heterocycles. The lowest BCUT2D eigenvalue weighted by molar-refractivity contribution is 0.102. The molecule has 0 atom stereocenters. The number of benzene rings is 3. The van der Waals surface area contributed by atoms with Gasteiger partial charge in [0.1, 0.15) is 16.4 Å². The van der Waals surface area contributed by atoms with Crippen molar-refractivity contribution in [2.24, 2.45) is 0 Å². The van der Waals surface area contributed by atoms with Gasteiger partial charge in [-0.3, -0.25) is 4.79 Å². The minimum Gasteiger partial charge on any atom is -0.497 e. The minimum absolute atomic E-state index is 0.258. The van der Waals surface area contributed by atoms with Crippen LogP contribution < -0.4 is 26.0 Å². The van der Waals surface area contributed by atoms with E-state index in [0.29, 0.717) is 38.7 Å². The lowest BCUT2D eigenvalue weighted by atomic mass is 10.1. The number of nitrogens with one attached hydrogen (secondary N) is 2. The molecule has 0 unspecified atom stereocenters. The van der Waals surface area contributed by atoms with Crippen LogP contribution in [0.4, 0.5) is 28.0 Å². The lowest BCUT2D eigenvalue weighted by Gasteiger charge is -2.12. The number of nitrogen functional groups attached to an aromatic ring is 1. The van der Waals surface area contributed by atoms with Gasteiger partial charge in [0.2, 0.25) is 5.82 Å². The van der Waals surface area contributed by atoms with E-state index in [0.717, 1.165) is 22.5 Å². The van der Waals surface area contributed by atoms with Gasteiger partial charge in [0.15, 0.2) is 5.13 Å². The van der Waals surface area contributed by atoms with Crippen molar-refractivity contribution in [3.63, 3.8) is 0 Å². The lowest BCUT2D eigenvalue weighted by Crippen LogP contribution is -2.12. The van der Waals surface area contributed by atoms with Gasteiger partial charge >= 0.3 is 0 Å². The zero-order chi connectivity index (χ0) is 27.5. The van der Waals surface area contributed by atoms with Crippen LogP contribution in [0.15, 0.2) is 71.3 Å². The Morgan fingerprint density at radius 2 is 1.79 bits per heavy atom. The molecule has 0 fully saturated rings. The number of nitrogens with two attached hydrogens (primary N) is 1. The maximum absolute atomic E-state index is 12.8. The molecule has 1 amide bonds. The van der Waals surface area contributed by atoms with Gasteiger partial charge in [-0.15, -0.1) is 0 Å². The standard InChI is InChI=1S/C28H27N7O3S/c1-16-8-9-19(30-26(36)17-6-5-7-21(14-17)37-4)15-22(16)25-33-27(38-34-25)23-24(29)32-28(39-23)31-18-10-12-20(13-11-18)35(2)3/h5-15H,29H2,1-4H3,(H,30,36)(H,31,32). The fourth-order valence-electron chi connectivity index (χ4n) is 3.84. The molecule has 0 saturated carbocycles. The predicted molar refractivity (Wildman–Crippen MR) is 155 cm³/mol. The Morgan fingerprint density at radius 3 is 2.54 bits per heavy atom. The van der Waals surface area contributed by atoms with Gasteiger partial charge in [-0.05, 0) is 67.1 Å². The first-order chi connectivity index (χ1) is 18.8. The largest absolute Gasteiger partial charge is 0.497 e. The quantitative estimate of drug-likeness (QED) is 0.222. The van der Waals surface area contributed by atoms with E-state index >= 15 is 0 Å². The molecule has 0 spiro atoms. The highest BCUT2D eigenvalue weighted by Gasteiger charge is 2.19. The molecule has 10 nitrogen and oxygen atoms in total. The summed E-state index contributed by atoms with van der Waals surface area (Å²) in [5, 5.41) is 11.0. The average Bonchev–Trinajstić information content (AvgIpc) is 3.56. The van der Waals surface area contributed by atoms with Crippen molar-refractivity contribution in [1.29, 1.82) is 0 Å². The first kappa shape index (κ1) is 25.7. The first-order valence-electron chi connectivity index (χ1n) is 12.0. The van der Waals surface area contributed by atoms with Crippen LogP contribution in [-0.4, -0.2) is 42.2 Å². The molecule has 11 heteroatoms. The number of thiazole rings is 1. The van der Waals surface area contributed by atoms with Crippen molar-refractivity contribution in [2.45, 2.75) is 6.92 Å². The van der Waals surface area contributed by atoms with E-state index in [1.807, 2.05) is 68.4 Å². The summed E-state index contributed by atoms with van der Waals surface area (Å²) in [7, 11) is 5.54. The van der Waals surface area contributed by atoms with Crippen molar-refractivity contribution in [3.05, 3.63) is 77.9 Å². The summed E-state index contributed by atoms with van der Waals surface area (Å²) in [6.45, 7) is 1.93. The second-order valence-electron chi connectivity index (χ2n) is 8.94. The Morgan fingerprint density at radius 1 is 1.03 bits per heavy atom. The highest BCUT2D eigenvalue weighted by Crippen LogP contribution is 2.37. The first-order valence-corrected chi connectivity index (χ1v) is 12.8. The summed E-state index contributed by atoms with van der Waals surface area (Å²) in [5.41, 5.74) is 10.9. The van der Waals surface area contributed by atoms with Gasteiger partial charge in [0, 0.05) is 42.3 Å². The van der Waals surface area contributed by atoms with Crippen molar-refractivity contribution in [3.8, 4) is 27.9 Å². The van der Waals surface area contributed by atoms with Gasteiger partial charge < -0.3 is 30.5 Å². The Labute approximate surface area is 229 Å². The number of hydrogen-bond donors (Lipinski definition) is 3. The number of nitrogens with zero attached hydrogens (tertiary/aromatic N) is 4. The fraction of sp³-hybridized carbons (Fsp3) is 0.143. The summed E-state index contributed by atoms with van der Waals surface area (Å²) >= 11 is 1.32. The van der Waals surface area contributed by atoms with Crippen molar-refractivity contribution < 1.29 is 14.1 Å². The van der Waals surface area contributed by atoms with E-state index in [4.69, 9.17) is 15.0 Å². The zero-order valence-corrected chi connectivity index (χ0v) is 22.7. The van der Waals surface area contributed by atoms with Crippen molar-refractivity contribution >= 4 is 45.3 Å². The predicted octanol–water partition coefficient (Wildman–Crippen LogP) is 5.82. The molecule has 0 bridgehead atoms. The third kappa shape index (κ3) is 5.68. The van der Waals surface area contributed by atoms with Gasteiger partial charge in [0.05, 0.1) is 7.11 Å². The summed E-state index contributed by atoms with van der Waals surface area (Å²) in [6, 6.07) is 20.4. The normalized spacial score (nSPS) is 10.8. The second-order valence-corrected chi connectivity index (χ2v) is 9.94. The van der Waals surface area contributed by atoms with Crippen molar-refractivity contribution in [1.82, 2.24) is 15.1 Å². The van der Waals surface area contributed by atoms with Crippen LogP contribution in [0.5, 0.6) is 5.75 Å². The van der Waals surface area contributed by atoms with E-state index in [2.05, 4.69) is 25.8 Å². The number of methoxy groups -OCH3 is 1. The Bertz CT molecular complexity index is 1630.